The SMILES string of the molecule is CC(Oc1ccccc1Br)C(=O)NC(C)c1ccon1. The number of benzene rings is 1. The second-order valence-electron chi connectivity index (χ2n) is 4.35. The minimum Gasteiger partial charge on any atom is -0.480 e. The highest BCUT2D eigenvalue weighted by atomic mass is 79.9. The van der Waals surface area contributed by atoms with Gasteiger partial charge in [-0.25, -0.2) is 0 Å². The van der Waals surface area contributed by atoms with Crippen LogP contribution in [0.15, 0.2) is 45.6 Å². The van der Waals surface area contributed by atoms with E-state index in [1.165, 1.54) is 6.26 Å². The molecule has 0 saturated heterocycles. The summed E-state index contributed by atoms with van der Waals surface area (Å²) in [6.07, 6.45) is 0.863. The first kappa shape index (κ1) is 14.6. The molecule has 0 spiro atoms. The van der Waals surface area contributed by atoms with Crippen molar-refractivity contribution in [3.63, 3.8) is 0 Å². The molecule has 20 heavy (non-hydrogen) atoms. The molecule has 1 aromatic heterocycles. The van der Waals surface area contributed by atoms with Gasteiger partial charge in [0.2, 0.25) is 0 Å². The van der Waals surface area contributed by atoms with E-state index in [1.54, 1.807) is 19.1 Å². The van der Waals surface area contributed by atoms with Crippen LogP contribution in [0.3, 0.4) is 0 Å². The number of aromatic nitrogens is 1. The molecular weight excluding hydrogens is 324 g/mol. The number of nitrogens with one attached hydrogen (secondary N) is 1. The van der Waals surface area contributed by atoms with E-state index in [1.807, 2.05) is 25.1 Å². The molecule has 2 unspecified atom stereocenters. The molecule has 1 N–H and O–H groups in total. The normalized spacial score (nSPS) is 13.6. The number of rotatable bonds is 5. The molecule has 106 valence electrons. The van der Waals surface area contributed by atoms with E-state index in [-0.39, 0.29) is 11.9 Å². The monoisotopic (exact) mass is 338 g/mol. The van der Waals surface area contributed by atoms with E-state index in [0.717, 1.165) is 4.47 Å². The number of para-hydroxylation sites is 1. The average molecular weight is 339 g/mol. The van der Waals surface area contributed by atoms with Crippen molar-refractivity contribution in [3.8, 4) is 5.75 Å². The summed E-state index contributed by atoms with van der Waals surface area (Å²) >= 11 is 3.38. The van der Waals surface area contributed by atoms with Gasteiger partial charge >= 0.3 is 0 Å². The van der Waals surface area contributed by atoms with E-state index in [2.05, 4.69) is 26.4 Å². The highest BCUT2D eigenvalue weighted by Crippen LogP contribution is 2.24. The van der Waals surface area contributed by atoms with Crippen LogP contribution in [0.2, 0.25) is 0 Å². The molecule has 1 amide bonds. The number of carbonyl (C=O) groups excluding carboxylic acids is 1. The molecule has 2 rings (SSSR count). The lowest BCUT2D eigenvalue weighted by Crippen LogP contribution is -2.37. The van der Waals surface area contributed by atoms with Crippen molar-refractivity contribution in [1.29, 1.82) is 0 Å². The van der Waals surface area contributed by atoms with Gasteiger partial charge in [-0.3, -0.25) is 4.79 Å². The predicted octanol–water partition coefficient (Wildman–Crippen LogP) is 3.08. The van der Waals surface area contributed by atoms with Gasteiger partial charge in [-0.1, -0.05) is 17.3 Å². The minimum atomic E-state index is -0.608. The van der Waals surface area contributed by atoms with Gasteiger partial charge in [0, 0.05) is 6.07 Å². The molecule has 0 aliphatic carbocycles. The van der Waals surface area contributed by atoms with Crippen LogP contribution in [0.5, 0.6) is 5.75 Å². The molecule has 5 nitrogen and oxygen atoms in total. The molecule has 2 atom stereocenters. The molecule has 0 radical (unpaired) electrons. The molecule has 0 saturated carbocycles. The first-order valence-corrected chi connectivity index (χ1v) is 6.99. The fourth-order valence-corrected chi connectivity index (χ4v) is 2.01. The molecule has 1 heterocycles. The van der Waals surface area contributed by atoms with E-state index in [4.69, 9.17) is 9.26 Å². The third-order valence-corrected chi connectivity index (χ3v) is 3.42. The van der Waals surface area contributed by atoms with Crippen molar-refractivity contribution < 1.29 is 14.1 Å². The Balaban J connectivity index is 1.94. The van der Waals surface area contributed by atoms with Crippen LogP contribution in [-0.4, -0.2) is 17.2 Å². The molecule has 0 aliphatic heterocycles. The van der Waals surface area contributed by atoms with Crippen molar-refractivity contribution in [2.24, 2.45) is 0 Å². The molecule has 0 fully saturated rings. The fraction of sp³-hybridized carbons (Fsp3) is 0.286. The number of halogens is 1. The van der Waals surface area contributed by atoms with Crippen LogP contribution in [-0.2, 0) is 4.79 Å². The lowest BCUT2D eigenvalue weighted by Gasteiger charge is -2.18. The Bertz CT molecular complexity index is 572. The Kier molecular flexibility index (Phi) is 4.79. The topological polar surface area (TPSA) is 64.4 Å². The average Bonchev–Trinajstić information content (AvgIpc) is 2.95. The zero-order chi connectivity index (χ0) is 14.5. The number of hydrogen-bond donors (Lipinski definition) is 1. The summed E-state index contributed by atoms with van der Waals surface area (Å²) in [4.78, 5) is 12.1. The number of ether oxygens (including phenoxy) is 1. The van der Waals surface area contributed by atoms with Crippen LogP contribution in [0.25, 0.3) is 0 Å². The van der Waals surface area contributed by atoms with Gasteiger partial charge in [0.15, 0.2) is 6.10 Å². The Labute approximate surface area is 125 Å². The fourth-order valence-electron chi connectivity index (χ4n) is 1.63. The van der Waals surface area contributed by atoms with Crippen molar-refractivity contribution in [2.45, 2.75) is 26.0 Å². The quantitative estimate of drug-likeness (QED) is 0.909. The highest BCUT2D eigenvalue weighted by molar-refractivity contribution is 9.10. The third-order valence-electron chi connectivity index (χ3n) is 2.77. The maximum Gasteiger partial charge on any atom is 0.261 e. The Morgan fingerprint density at radius 3 is 2.75 bits per heavy atom. The zero-order valence-corrected chi connectivity index (χ0v) is 12.8. The molecule has 6 heteroatoms. The summed E-state index contributed by atoms with van der Waals surface area (Å²) < 4.78 is 11.2. The Morgan fingerprint density at radius 1 is 1.35 bits per heavy atom. The number of carbonyl (C=O) groups is 1. The molecule has 1 aromatic carbocycles. The molecule has 0 bridgehead atoms. The molecule has 0 aliphatic rings. The molecular formula is C14H15BrN2O3. The Morgan fingerprint density at radius 2 is 2.10 bits per heavy atom. The first-order valence-electron chi connectivity index (χ1n) is 6.19. The summed E-state index contributed by atoms with van der Waals surface area (Å²) in [6.45, 7) is 3.53. The summed E-state index contributed by atoms with van der Waals surface area (Å²) in [7, 11) is 0. The van der Waals surface area contributed by atoms with E-state index in [9.17, 15) is 4.79 Å². The largest absolute Gasteiger partial charge is 0.480 e. The van der Waals surface area contributed by atoms with E-state index < -0.39 is 6.10 Å². The standard InChI is InChI=1S/C14H15BrN2O3/c1-9(12-7-8-19-17-12)16-14(18)10(2)20-13-6-4-3-5-11(13)15/h3-10H,1-2H3,(H,16,18). The third kappa shape index (κ3) is 3.60. The molecule has 2 aromatic rings. The zero-order valence-electron chi connectivity index (χ0n) is 11.2. The van der Waals surface area contributed by atoms with Crippen LogP contribution >= 0.6 is 15.9 Å². The second-order valence-corrected chi connectivity index (χ2v) is 5.20. The van der Waals surface area contributed by atoms with Gasteiger partial charge in [0.1, 0.15) is 17.7 Å². The second kappa shape index (κ2) is 6.56. The van der Waals surface area contributed by atoms with Crippen LogP contribution in [0.1, 0.15) is 25.6 Å². The van der Waals surface area contributed by atoms with Crippen molar-refractivity contribution in [3.05, 3.63) is 46.8 Å². The van der Waals surface area contributed by atoms with Crippen molar-refractivity contribution >= 4 is 21.8 Å². The first-order chi connectivity index (χ1) is 9.58. The smallest absolute Gasteiger partial charge is 0.261 e. The lowest BCUT2D eigenvalue weighted by molar-refractivity contribution is -0.128. The van der Waals surface area contributed by atoms with Gasteiger partial charge in [-0.15, -0.1) is 0 Å². The van der Waals surface area contributed by atoms with Gasteiger partial charge in [-0.05, 0) is 41.9 Å². The summed E-state index contributed by atoms with van der Waals surface area (Å²) in [5.74, 6) is 0.417. The van der Waals surface area contributed by atoms with E-state index in [0.29, 0.717) is 11.4 Å². The van der Waals surface area contributed by atoms with Gasteiger partial charge in [0.05, 0.1) is 10.5 Å². The highest BCUT2D eigenvalue weighted by Gasteiger charge is 2.19. The number of nitrogens with zero attached hydrogens (tertiary/aromatic N) is 1. The van der Waals surface area contributed by atoms with Crippen molar-refractivity contribution in [1.82, 2.24) is 10.5 Å². The summed E-state index contributed by atoms with van der Waals surface area (Å²) in [6, 6.07) is 8.88. The lowest BCUT2D eigenvalue weighted by atomic mass is 10.2. The Hall–Kier alpha value is -1.82. The van der Waals surface area contributed by atoms with Crippen LogP contribution in [0, 0.1) is 0 Å². The summed E-state index contributed by atoms with van der Waals surface area (Å²) in [5, 5.41) is 6.61. The number of hydrogen-bond acceptors (Lipinski definition) is 4. The van der Waals surface area contributed by atoms with E-state index >= 15 is 0 Å². The maximum absolute atomic E-state index is 12.1. The minimum absolute atomic E-state index is 0.212. The number of amides is 1. The van der Waals surface area contributed by atoms with Gasteiger partial charge in [-0.2, -0.15) is 0 Å². The van der Waals surface area contributed by atoms with Gasteiger partial charge in [0.25, 0.3) is 5.91 Å². The van der Waals surface area contributed by atoms with Crippen LogP contribution < -0.4 is 10.1 Å². The van der Waals surface area contributed by atoms with Gasteiger partial charge < -0.3 is 14.6 Å². The van der Waals surface area contributed by atoms with Crippen LogP contribution in [0.4, 0.5) is 0 Å². The van der Waals surface area contributed by atoms with Crippen molar-refractivity contribution in [2.75, 3.05) is 0 Å². The predicted molar refractivity (Wildman–Crippen MR) is 77.3 cm³/mol. The maximum atomic E-state index is 12.1. The summed E-state index contributed by atoms with van der Waals surface area (Å²) in [5.41, 5.74) is 0.673.